The molecule has 1 aliphatic rings. The molecule has 122 valence electrons. The van der Waals surface area contributed by atoms with Crippen LogP contribution in [0.2, 0.25) is 0 Å². The van der Waals surface area contributed by atoms with Crippen molar-refractivity contribution in [1.82, 2.24) is 10.2 Å². The first-order valence-electron chi connectivity index (χ1n) is 7.81. The van der Waals surface area contributed by atoms with Crippen LogP contribution in [0.25, 0.3) is 0 Å². The first-order valence-corrected chi connectivity index (χ1v) is 9.20. The number of piperidine rings is 1. The Hall–Kier alpha value is -0.910. The van der Waals surface area contributed by atoms with Crippen molar-refractivity contribution in [3.8, 4) is 0 Å². The molecule has 6 heteroatoms. The van der Waals surface area contributed by atoms with Crippen LogP contribution in [0.15, 0.2) is 0 Å². The number of thioether (sulfide) groups is 1. The maximum atomic E-state index is 12.0. The van der Waals surface area contributed by atoms with Gasteiger partial charge in [0.1, 0.15) is 0 Å². The molecule has 0 aromatic carbocycles. The largest absolute Gasteiger partial charge is 0.481 e. The molecule has 0 aliphatic carbocycles. The number of carbonyl (C=O) groups excluding carboxylic acids is 1. The molecule has 0 unspecified atom stereocenters. The van der Waals surface area contributed by atoms with Crippen molar-refractivity contribution in [2.24, 2.45) is 5.41 Å². The zero-order valence-electron chi connectivity index (χ0n) is 13.2. The number of nitrogens with one attached hydrogen (secondary N) is 1. The average molecular weight is 316 g/mol. The Labute approximate surface area is 131 Å². The molecule has 1 aliphatic heterocycles. The third-order valence-electron chi connectivity index (χ3n) is 4.24. The molecular weight excluding hydrogens is 288 g/mol. The zero-order chi connectivity index (χ0) is 15.7. The Morgan fingerprint density at radius 2 is 1.95 bits per heavy atom. The fourth-order valence-corrected chi connectivity index (χ4v) is 3.36. The van der Waals surface area contributed by atoms with Crippen molar-refractivity contribution in [2.75, 3.05) is 31.6 Å². The van der Waals surface area contributed by atoms with E-state index in [0.29, 0.717) is 38.9 Å². The minimum absolute atomic E-state index is 0.0466. The van der Waals surface area contributed by atoms with Crippen LogP contribution < -0.4 is 5.32 Å². The SMILES string of the molecule is CCCC1(C(=O)O)CCN(C(=O)NCCCCSC)CC1. The Morgan fingerprint density at radius 1 is 1.29 bits per heavy atom. The smallest absolute Gasteiger partial charge is 0.317 e. The number of rotatable bonds is 8. The van der Waals surface area contributed by atoms with Crippen LogP contribution in [0, 0.1) is 5.41 Å². The number of unbranched alkanes of at least 4 members (excludes halogenated alkanes) is 1. The van der Waals surface area contributed by atoms with Gasteiger partial charge in [0.25, 0.3) is 0 Å². The van der Waals surface area contributed by atoms with Gasteiger partial charge in [0.2, 0.25) is 0 Å². The number of hydrogen-bond acceptors (Lipinski definition) is 3. The van der Waals surface area contributed by atoms with E-state index < -0.39 is 11.4 Å². The molecule has 0 spiro atoms. The lowest BCUT2D eigenvalue weighted by molar-refractivity contribution is -0.152. The van der Waals surface area contributed by atoms with Crippen LogP contribution in [0.3, 0.4) is 0 Å². The lowest BCUT2D eigenvalue weighted by Crippen LogP contribution is -2.49. The number of urea groups is 1. The highest BCUT2D eigenvalue weighted by molar-refractivity contribution is 7.98. The molecule has 0 aromatic rings. The van der Waals surface area contributed by atoms with Crippen LogP contribution in [-0.4, -0.2) is 53.6 Å². The van der Waals surface area contributed by atoms with Gasteiger partial charge in [0.05, 0.1) is 5.41 Å². The van der Waals surface area contributed by atoms with Gasteiger partial charge >= 0.3 is 12.0 Å². The van der Waals surface area contributed by atoms with E-state index in [4.69, 9.17) is 0 Å². The Bertz CT molecular complexity index is 342. The van der Waals surface area contributed by atoms with E-state index in [1.807, 2.05) is 18.7 Å². The predicted octanol–water partition coefficient (Wildman–Crippen LogP) is 2.81. The summed E-state index contributed by atoms with van der Waals surface area (Å²) in [6.07, 6.45) is 6.89. The van der Waals surface area contributed by atoms with Crippen molar-refractivity contribution >= 4 is 23.8 Å². The fraction of sp³-hybridized carbons (Fsp3) is 0.867. The normalized spacial score (nSPS) is 17.5. The lowest BCUT2D eigenvalue weighted by atomic mass is 9.75. The van der Waals surface area contributed by atoms with E-state index in [2.05, 4.69) is 11.6 Å². The van der Waals surface area contributed by atoms with Gasteiger partial charge in [-0.1, -0.05) is 13.3 Å². The van der Waals surface area contributed by atoms with Gasteiger partial charge in [-0.3, -0.25) is 4.79 Å². The maximum Gasteiger partial charge on any atom is 0.317 e. The van der Waals surface area contributed by atoms with E-state index in [1.54, 1.807) is 4.90 Å². The summed E-state index contributed by atoms with van der Waals surface area (Å²) in [5.74, 6) is 0.416. The summed E-state index contributed by atoms with van der Waals surface area (Å²) in [5.41, 5.74) is -0.621. The third-order valence-corrected chi connectivity index (χ3v) is 4.94. The second-order valence-electron chi connectivity index (χ2n) is 5.75. The minimum Gasteiger partial charge on any atom is -0.481 e. The van der Waals surface area contributed by atoms with Crippen LogP contribution in [0.1, 0.15) is 45.4 Å². The number of carboxylic acid groups (broad SMARTS) is 1. The summed E-state index contributed by atoms with van der Waals surface area (Å²) in [7, 11) is 0. The number of amides is 2. The monoisotopic (exact) mass is 316 g/mol. The lowest BCUT2D eigenvalue weighted by Gasteiger charge is -2.38. The summed E-state index contributed by atoms with van der Waals surface area (Å²) in [5, 5.41) is 12.4. The van der Waals surface area contributed by atoms with E-state index in [0.717, 1.165) is 25.0 Å². The molecule has 5 nitrogen and oxygen atoms in total. The Kier molecular flexibility index (Phi) is 7.93. The average Bonchev–Trinajstić information content (AvgIpc) is 2.47. The molecule has 0 aromatic heterocycles. The van der Waals surface area contributed by atoms with Crippen molar-refractivity contribution in [3.05, 3.63) is 0 Å². The molecule has 0 radical (unpaired) electrons. The Balaban J connectivity index is 2.34. The second kappa shape index (κ2) is 9.18. The molecule has 1 saturated heterocycles. The highest BCUT2D eigenvalue weighted by Crippen LogP contribution is 2.36. The van der Waals surface area contributed by atoms with E-state index in [1.165, 1.54) is 0 Å². The maximum absolute atomic E-state index is 12.0. The van der Waals surface area contributed by atoms with Gasteiger partial charge in [-0.2, -0.15) is 11.8 Å². The fourth-order valence-electron chi connectivity index (χ4n) is 2.87. The topological polar surface area (TPSA) is 69.6 Å². The number of aliphatic carboxylic acids is 1. The standard InChI is InChI=1S/C15H28N2O3S/c1-3-6-15(13(18)19)7-10-17(11-8-15)14(20)16-9-4-5-12-21-2/h3-12H2,1-2H3,(H,16,20)(H,18,19). The number of hydrogen-bond donors (Lipinski definition) is 2. The molecular formula is C15H28N2O3S. The summed E-state index contributed by atoms with van der Waals surface area (Å²) in [4.78, 5) is 25.3. The summed E-state index contributed by atoms with van der Waals surface area (Å²) < 4.78 is 0. The zero-order valence-corrected chi connectivity index (χ0v) is 14.0. The van der Waals surface area contributed by atoms with Crippen LogP contribution >= 0.6 is 11.8 Å². The molecule has 1 rings (SSSR count). The predicted molar refractivity (Wildman–Crippen MR) is 86.8 cm³/mol. The summed E-state index contributed by atoms with van der Waals surface area (Å²) >= 11 is 1.82. The van der Waals surface area contributed by atoms with Crippen molar-refractivity contribution in [1.29, 1.82) is 0 Å². The number of likely N-dealkylation sites (tertiary alicyclic amines) is 1. The van der Waals surface area contributed by atoms with Gasteiger partial charge in [-0.25, -0.2) is 4.79 Å². The molecule has 0 atom stereocenters. The number of carbonyl (C=O) groups is 2. The van der Waals surface area contributed by atoms with Crippen molar-refractivity contribution in [3.63, 3.8) is 0 Å². The second-order valence-corrected chi connectivity index (χ2v) is 6.74. The van der Waals surface area contributed by atoms with E-state index >= 15 is 0 Å². The van der Waals surface area contributed by atoms with Gasteiger partial charge in [-0.15, -0.1) is 0 Å². The number of nitrogens with zero attached hydrogens (tertiary/aromatic N) is 1. The van der Waals surface area contributed by atoms with E-state index in [-0.39, 0.29) is 6.03 Å². The Morgan fingerprint density at radius 3 is 2.48 bits per heavy atom. The first kappa shape index (κ1) is 18.1. The highest BCUT2D eigenvalue weighted by Gasteiger charge is 2.41. The van der Waals surface area contributed by atoms with Gasteiger partial charge < -0.3 is 15.3 Å². The quantitative estimate of drug-likeness (QED) is 0.676. The van der Waals surface area contributed by atoms with Gasteiger partial charge in [0, 0.05) is 19.6 Å². The molecule has 21 heavy (non-hydrogen) atoms. The van der Waals surface area contributed by atoms with Crippen LogP contribution in [-0.2, 0) is 4.79 Å². The molecule has 2 N–H and O–H groups in total. The molecule has 0 bridgehead atoms. The third kappa shape index (κ3) is 5.41. The van der Waals surface area contributed by atoms with Crippen LogP contribution in [0.5, 0.6) is 0 Å². The van der Waals surface area contributed by atoms with Gasteiger partial charge in [0.15, 0.2) is 0 Å². The van der Waals surface area contributed by atoms with Crippen molar-refractivity contribution in [2.45, 2.75) is 45.4 Å². The van der Waals surface area contributed by atoms with Gasteiger partial charge in [-0.05, 0) is 44.1 Å². The van der Waals surface area contributed by atoms with Crippen LogP contribution in [0.4, 0.5) is 4.79 Å². The summed E-state index contributed by atoms with van der Waals surface area (Å²) in [6, 6.07) is -0.0466. The molecule has 2 amide bonds. The molecule has 0 saturated carbocycles. The minimum atomic E-state index is -0.707. The summed E-state index contributed by atoms with van der Waals surface area (Å²) in [6.45, 7) is 3.80. The highest BCUT2D eigenvalue weighted by atomic mass is 32.2. The first-order chi connectivity index (χ1) is 10.1. The molecule has 1 heterocycles. The number of carboxylic acids is 1. The molecule has 1 fully saturated rings. The van der Waals surface area contributed by atoms with Crippen molar-refractivity contribution < 1.29 is 14.7 Å². The van der Waals surface area contributed by atoms with E-state index in [9.17, 15) is 14.7 Å².